The van der Waals surface area contributed by atoms with E-state index in [4.69, 9.17) is 9.31 Å². The number of nitrogens with zero attached hydrogens (tertiary/aromatic N) is 1. The first-order valence-electron chi connectivity index (χ1n) is 6.52. The van der Waals surface area contributed by atoms with Gasteiger partial charge in [0.1, 0.15) is 5.82 Å². The number of aromatic nitrogens is 1. The van der Waals surface area contributed by atoms with Crippen LogP contribution in [0, 0.1) is 5.95 Å². The maximum atomic E-state index is 13.5. The Balaban J connectivity index is 2.29. The van der Waals surface area contributed by atoms with Crippen molar-refractivity contribution in [2.24, 2.45) is 0 Å². The molecule has 0 aliphatic carbocycles. The van der Waals surface area contributed by atoms with Crippen LogP contribution in [-0.4, -0.2) is 29.8 Å². The lowest BCUT2D eigenvalue weighted by atomic mass is 9.79. The number of rotatable bonds is 3. The zero-order valence-electron chi connectivity index (χ0n) is 12.1. The van der Waals surface area contributed by atoms with E-state index in [2.05, 4.69) is 10.3 Å². The van der Waals surface area contributed by atoms with Crippen molar-refractivity contribution in [1.29, 1.82) is 0 Å². The summed E-state index contributed by atoms with van der Waals surface area (Å²) in [5.41, 5.74) is -0.229. The van der Waals surface area contributed by atoms with Gasteiger partial charge in [0.2, 0.25) is 5.95 Å². The SMILES string of the molecule is CCNc1cc(B2OC(C)(C)C(C)(C)O2)cc(F)n1. The van der Waals surface area contributed by atoms with Crippen LogP contribution >= 0.6 is 0 Å². The van der Waals surface area contributed by atoms with Crippen molar-refractivity contribution in [3.05, 3.63) is 18.1 Å². The van der Waals surface area contributed by atoms with E-state index >= 15 is 0 Å². The van der Waals surface area contributed by atoms with E-state index in [1.165, 1.54) is 6.07 Å². The second-order valence-corrected chi connectivity index (χ2v) is 5.73. The molecule has 0 aromatic carbocycles. The molecule has 6 heteroatoms. The van der Waals surface area contributed by atoms with Crippen molar-refractivity contribution in [2.75, 3.05) is 11.9 Å². The van der Waals surface area contributed by atoms with Gasteiger partial charge in [-0.3, -0.25) is 0 Å². The summed E-state index contributed by atoms with van der Waals surface area (Å²) in [5.74, 6) is -0.0459. The quantitative estimate of drug-likeness (QED) is 0.670. The molecule has 1 saturated heterocycles. The first-order valence-corrected chi connectivity index (χ1v) is 6.52. The lowest BCUT2D eigenvalue weighted by Crippen LogP contribution is -2.41. The molecule has 0 amide bonds. The van der Waals surface area contributed by atoms with E-state index in [0.717, 1.165) is 0 Å². The molecule has 1 aliphatic heterocycles. The number of hydrogen-bond donors (Lipinski definition) is 1. The van der Waals surface area contributed by atoms with E-state index in [1.807, 2.05) is 34.6 Å². The summed E-state index contributed by atoms with van der Waals surface area (Å²) in [4.78, 5) is 3.78. The first-order chi connectivity index (χ1) is 8.75. The van der Waals surface area contributed by atoms with Gasteiger partial charge < -0.3 is 14.6 Å². The minimum absolute atomic E-state index is 0.435. The number of pyridine rings is 1. The summed E-state index contributed by atoms with van der Waals surface area (Å²) >= 11 is 0. The molecule has 1 aromatic heterocycles. The highest BCUT2D eigenvalue weighted by atomic mass is 19.1. The Hall–Kier alpha value is -1.14. The highest BCUT2D eigenvalue weighted by Gasteiger charge is 2.51. The summed E-state index contributed by atoms with van der Waals surface area (Å²) in [5, 5.41) is 2.99. The standard InChI is InChI=1S/C13H20BFN2O2/c1-6-16-11-8-9(7-10(15)17-11)14-18-12(2,3)13(4,5)19-14/h7-8H,6H2,1-5H3,(H,16,17). The molecule has 0 radical (unpaired) electrons. The van der Waals surface area contributed by atoms with E-state index in [1.54, 1.807) is 6.07 Å². The summed E-state index contributed by atoms with van der Waals surface area (Å²) in [6.07, 6.45) is 0. The van der Waals surface area contributed by atoms with E-state index in [0.29, 0.717) is 17.8 Å². The van der Waals surface area contributed by atoms with E-state index < -0.39 is 24.3 Å². The zero-order chi connectivity index (χ0) is 14.3. The van der Waals surface area contributed by atoms with Crippen LogP contribution in [0.3, 0.4) is 0 Å². The molecule has 2 heterocycles. The van der Waals surface area contributed by atoms with Crippen LogP contribution in [0.15, 0.2) is 12.1 Å². The van der Waals surface area contributed by atoms with Crippen LogP contribution < -0.4 is 10.8 Å². The monoisotopic (exact) mass is 266 g/mol. The number of nitrogens with one attached hydrogen (secondary N) is 1. The maximum absolute atomic E-state index is 13.5. The largest absolute Gasteiger partial charge is 0.495 e. The minimum atomic E-state index is -0.570. The van der Waals surface area contributed by atoms with Crippen LogP contribution in [-0.2, 0) is 9.31 Å². The Morgan fingerprint density at radius 2 is 1.79 bits per heavy atom. The third-order valence-corrected chi connectivity index (χ3v) is 3.70. The van der Waals surface area contributed by atoms with Crippen LogP contribution in [0.2, 0.25) is 0 Å². The molecule has 104 valence electrons. The Bertz CT molecular complexity index is 464. The molecule has 0 spiro atoms. The second kappa shape index (κ2) is 4.76. The van der Waals surface area contributed by atoms with Crippen LogP contribution in [0.5, 0.6) is 0 Å². The molecule has 1 aromatic rings. The number of anilines is 1. The highest BCUT2D eigenvalue weighted by Crippen LogP contribution is 2.36. The van der Waals surface area contributed by atoms with E-state index in [9.17, 15) is 4.39 Å². The Morgan fingerprint density at radius 3 is 2.32 bits per heavy atom. The summed E-state index contributed by atoms with van der Waals surface area (Å²) < 4.78 is 25.3. The van der Waals surface area contributed by atoms with Crippen molar-refractivity contribution >= 4 is 18.4 Å². The third kappa shape index (κ3) is 2.74. The fourth-order valence-corrected chi connectivity index (χ4v) is 1.90. The Labute approximate surface area is 113 Å². The van der Waals surface area contributed by atoms with Gasteiger partial charge in [0.05, 0.1) is 11.2 Å². The summed E-state index contributed by atoms with van der Waals surface area (Å²) in [7, 11) is -0.570. The van der Waals surface area contributed by atoms with Gasteiger partial charge in [-0.25, -0.2) is 4.98 Å². The lowest BCUT2D eigenvalue weighted by Gasteiger charge is -2.32. The molecular formula is C13H20BFN2O2. The van der Waals surface area contributed by atoms with Crippen molar-refractivity contribution in [3.63, 3.8) is 0 Å². The lowest BCUT2D eigenvalue weighted by molar-refractivity contribution is 0.00578. The first kappa shape index (κ1) is 14.3. The van der Waals surface area contributed by atoms with Crippen molar-refractivity contribution in [1.82, 2.24) is 4.98 Å². The topological polar surface area (TPSA) is 43.4 Å². The molecule has 4 nitrogen and oxygen atoms in total. The van der Waals surface area contributed by atoms with Gasteiger partial charge in [0.25, 0.3) is 0 Å². The van der Waals surface area contributed by atoms with Gasteiger partial charge in [0.15, 0.2) is 0 Å². The highest BCUT2D eigenvalue weighted by molar-refractivity contribution is 6.62. The minimum Gasteiger partial charge on any atom is -0.399 e. The number of hydrogen-bond acceptors (Lipinski definition) is 4. The van der Waals surface area contributed by atoms with Gasteiger partial charge in [-0.15, -0.1) is 0 Å². The maximum Gasteiger partial charge on any atom is 0.495 e. The predicted molar refractivity (Wildman–Crippen MR) is 74.1 cm³/mol. The fraction of sp³-hybridized carbons (Fsp3) is 0.615. The van der Waals surface area contributed by atoms with Gasteiger partial charge in [-0.2, -0.15) is 4.39 Å². The normalized spacial score (nSPS) is 20.6. The van der Waals surface area contributed by atoms with Crippen molar-refractivity contribution < 1.29 is 13.7 Å². The van der Waals surface area contributed by atoms with Gasteiger partial charge in [-0.1, -0.05) is 0 Å². The Morgan fingerprint density at radius 1 is 1.21 bits per heavy atom. The van der Waals surface area contributed by atoms with Crippen molar-refractivity contribution in [3.8, 4) is 0 Å². The molecule has 0 unspecified atom stereocenters. The molecule has 0 bridgehead atoms. The zero-order valence-corrected chi connectivity index (χ0v) is 12.1. The molecular weight excluding hydrogens is 246 g/mol. The third-order valence-electron chi connectivity index (χ3n) is 3.70. The van der Waals surface area contributed by atoms with Crippen LogP contribution in [0.25, 0.3) is 0 Å². The second-order valence-electron chi connectivity index (χ2n) is 5.73. The van der Waals surface area contributed by atoms with Crippen LogP contribution in [0.1, 0.15) is 34.6 Å². The fourth-order valence-electron chi connectivity index (χ4n) is 1.90. The molecule has 0 atom stereocenters. The summed E-state index contributed by atoms with van der Waals surface area (Å²) in [6, 6.07) is 3.11. The van der Waals surface area contributed by atoms with Gasteiger partial charge in [0, 0.05) is 6.54 Å². The van der Waals surface area contributed by atoms with Crippen LogP contribution in [0.4, 0.5) is 10.2 Å². The van der Waals surface area contributed by atoms with Gasteiger partial charge >= 0.3 is 7.12 Å². The average molecular weight is 266 g/mol. The molecule has 0 saturated carbocycles. The molecule has 2 rings (SSSR count). The smallest absolute Gasteiger partial charge is 0.399 e. The molecule has 19 heavy (non-hydrogen) atoms. The van der Waals surface area contributed by atoms with E-state index in [-0.39, 0.29) is 0 Å². The molecule has 1 fully saturated rings. The average Bonchev–Trinajstić information content (AvgIpc) is 2.48. The van der Waals surface area contributed by atoms with Crippen molar-refractivity contribution in [2.45, 2.75) is 45.8 Å². The predicted octanol–water partition coefficient (Wildman–Crippen LogP) is 1.95. The Kier molecular flexibility index (Phi) is 3.58. The number of halogens is 1. The summed E-state index contributed by atoms with van der Waals surface area (Å²) in [6.45, 7) is 10.5. The van der Waals surface area contributed by atoms with Gasteiger partial charge in [-0.05, 0) is 52.2 Å². The molecule has 1 aliphatic rings. The molecule has 1 N–H and O–H groups in total.